The van der Waals surface area contributed by atoms with E-state index in [1.807, 2.05) is 12.5 Å². The van der Waals surface area contributed by atoms with Crippen LogP contribution in [0.3, 0.4) is 0 Å². The molecule has 1 aromatic rings. The van der Waals surface area contributed by atoms with Crippen molar-refractivity contribution in [1.82, 2.24) is 14.5 Å². The van der Waals surface area contributed by atoms with Gasteiger partial charge >= 0.3 is 0 Å². The molecule has 1 aliphatic rings. The highest BCUT2D eigenvalue weighted by Crippen LogP contribution is 2.13. The highest BCUT2D eigenvalue weighted by Gasteiger charge is 2.18. The van der Waals surface area contributed by atoms with Gasteiger partial charge in [0.25, 0.3) is 0 Å². The number of rotatable bonds is 4. The number of likely N-dealkylation sites (tertiary alicyclic amines) is 1. The Balaban J connectivity index is 1.95. The Bertz CT molecular complexity index is 301. The lowest BCUT2D eigenvalue weighted by Crippen LogP contribution is -2.34. The van der Waals surface area contributed by atoms with Crippen LogP contribution in [0.4, 0.5) is 0 Å². The first-order chi connectivity index (χ1) is 7.31. The Morgan fingerprint density at radius 1 is 1.47 bits per heavy atom. The smallest absolute Gasteiger partial charge is 0.0949 e. The van der Waals surface area contributed by atoms with Crippen molar-refractivity contribution in [2.24, 2.45) is 5.73 Å². The van der Waals surface area contributed by atoms with E-state index in [1.165, 1.54) is 25.9 Å². The van der Waals surface area contributed by atoms with Crippen molar-refractivity contribution >= 4 is 0 Å². The monoisotopic (exact) mass is 208 g/mol. The summed E-state index contributed by atoms with van der Waals surface area (Å²) in [6.45, 7) is 6.35. The maximum absolute atomic E-state index is 5.65. The Morgan fingerprint density at radius 3 is 2.87 bits per heavy atom. The van der Waals surface area contributed by atoms with E-state index in [-0.39, 0.29) is 0 Å². The highest BCUT2D eigenvalue weighted by atomic mass is 15.2. The van der Waals surface area contributed by atoms with Crippen LogP contribution < -0.4 is 5.73 Å². The Hall–Kier alpha value is -0.870. The van der Waals surface area contributed by atoms with Crippen molar-refractivity contribution < 1.29 is 0 Å². The van der Waals surface area contributed by atoms with Gasteiger partial charge in [0.1, 0.15) is 0 Å². The molecule has 0 aromatic carbocycles. The predicted molar refractivity (Wildman–Crippen MR) is 60.4 cm³/mol. The zero-order chi connectivity index (χ0) is 10.7. The van der Waals surface area contributed by atoms with Crippen LogP contribution in [0.1, 0.15) is 25.5 Å². The maximum atomic E-state index is 5.65. The normalized spacial score (nSPS) is 19.6. The second-order valence-corrected chi connectivity index (χ2v) is 4.33. The molecule has 0 saturated carbocycles. The van der Waals surface area contributed by atoms with Crippen molar-refractivity contribution in [3.05, 3.63) is 18.2 Å². The fourth-order valence-corrected chi connectivity index (χ4v) is 2.27. The zero-order valence-corrected chi connectivity index (χ0v) is 9.39. The first-order valence-corrected chi connectivity index (χ1v) is 5.74. The average molecular weight is 208 g/mol. The molecule has 4 heteroatoms. The second-order valence-electron chi connectivity index (χ2n) is 4.33. The summed E-state index contributed by atoms with van der Waals surface area (Å²) in [6, 6.07) is 0.590. The van der Waals surface area contributed by atoms with Crippen LogP contribution >= 0.6 is 0 Å². The van der Waals surface area contributed by atoms with Gasteiger partial charge in [-0.2, -0.15) is 0 Å². The summed E-state index contributed by atoms with van der Waals surface area (Å²) in [5, 5.41) is 0. The molecule has 2 rings (SSSR count). The lowest BCUT2D eigenvalue weighted by atomic mass is 10.3. The molecule has 2 N–H and O–H groups in total. The van der Waals surface area contributed by atoms with Crippen molar-refractivity contribution in [2.75, 3.05) is 13.1 Å². The molecule has 2 heterocycles. The van der Waals surface area contributed by atoms with Gasteiger partial charge in [-0.05, 0) is 32.9 Å². The molecule has 15 heavy (non-hydrogen) atoms. The molecule has 1 aromatic heterocycles. The lowest BCUT2D eigenvalue weighted by Gasteiger charge is -2.24. The van der Waals surface area contributed by atoms with Gasteiger partial charge in [-0.15, -0.1) is 0 Å². The molecule has 0 amide bonds. The molecular weight excluding hydrogens is 188 g/mol. The molecule has 1 fully saturated rings. The third-order valence-corrected chi connectivity index (χ3v) is 3.23. The Morgan fingerprint density at radius 2 is 2.20 bits per heavy atom. The third kappa shape index (κ3) is 2.38. The standard InChI is InChI=1S/C11H20N4/c1-10(14-4-2-3-5-14)8-15-9-13-7-11(15)6-12/h7,9-10H,2-6,8,12H2,1H3. The topological polar surface area (TPSA) is 47.1 Å². The summed E-state index contributed by atoms with van der Waals surface area (Å²) in [6.07, 6.45) is 6.43. The molecule has 1 aliphatic heterocycles. The molecule has 84 valence electrons. The van der Waals surface area contributed by atoms with E-state index < -0.39 is 0 Å². The first-order valence-electron chi connectivity index (χ1n) is 5.74. The Kier molecular flexibility index (Phi) is 3.38. The molecule has 0 bridgehead atoms. The van der Waals surface area contributed by atoms with Crippen LogP contribution in [-0.2, 0) is 13.1 Å². The van der Waals surface area contributed by atoms with Crippen molar-refractivity contribution in [2.45, 2.75) is 38.9 Å². The summed E-state index contributed by atoms with van der Waals surface area (Å²) >= 11 is 0. The van der Waals surface area contributed by atoms with E-state index in [0.717, 1.165) is 12.2 Å². The number of imidazole rings is 1. The fraction of sp³-hybridized carbons (Fsp3) is 0.727. The molecule has 0 radical (unpaired) electrons. The summed E-state index contributed by atoms with van der Waals surface area (Å²) in [4.78, 5) is 6.68. The predicted octanol–water partition coefficient (Wildman–Crippen LogP) is 0.826. The van der Waals surface area contributed by atoms with Crippen molar-refractivity contribution in [3.8, 4) is 0 Å². The van der Waals surface area contributed by atoms with Crippen LogP contribution in [0, 0.1) is 0 Å². The van der Waals surface area contributed by atoms with Crippen LogP contribution in [-0.4, -0.2) is 33.6 Å². The van der Waals surface area contributed by atoms with Gasteiger partial charge in [-0.1, -0.05) is 0 Å². The van der Waals surface area contributed by atoms with Gasteiger partial charge in [0.2, 0.25) is 0 Å². The molecule has 1 unspecified atom stereocenters. The van der Waals surface area contributed by atoms with E-state index in [1.54, 1.807) is 0 Å². The minimum Gasteiger partial charge on any atom is -0.332 e. The van der Waals surface area contributed by atoms with Gasteiger partial charge in [0.15, 0.2) is 0 Å². The van der Waals surface area contributed by atoms with E-state index in [0.29, 0.717) is 12.6 Å². The first kappa shape index (κ1) is 10.6. The van der Waals surface area contributed by atoms with E-state index in [4.69, 9.17) is 5.73 Å². The molecule has 0 spiro atoms. The third-order valence-electron chi connectivity index (χ3n) is 3.23. The quantitative estimate of drug-likeness (QED) is 0.797. The van der Waals surface area contributed by atoms with Gasteiger partial charge in [-0.3, -0.25) is 4.90 Å². The fourth-order valence-electron chi connectivity index (χ4n) is 2.27. The number of hydrogen-bond acceptors (Lipinski definition) is 3. The summed E-state index contributed by atoms with van der Waals surface area (Å²) in [7, 11) is 0. The van der Waals surface area contributed by atoms with Crippen LogP contribution in [0.5, 0.6) is 0 Å². The van der Waals surface area contributed by atoms with Gasteiger partial charge < -0.3 is 10.3 Å². The average Bonchev–Trinajstić information content (AvgIpc) is 2.87. The van der Waals surface area contributed by atoms with Gasteiger partial charge in [0.05, 0.1) is 12.0 Å². The van der Waals surface area contributed by atoms with Crippen LogP contribution in [0.25, 0.3) is 0 Å². The summed E-state index contributed by atoms with van der Waals surface area (Å²) < 4.78 is 2.17. The number of hydrogen-bond donors (Lipinski definition) is 1. The summed E-state index contributed by atoms with van der Waals surface area (Å²) in [5.41, 5.74) is 6.78. The molecule has 0 aliphatic carbocycles. The molecule has 1 atom stereocenters. The minimum absolute atomic E-state index is 0.576. The van der Waals surface area contributed by atoms with E-state index in [2.05, 4.69) is 21.4 Å². The van der Waals surface area contributed by atoms with Crippen LogP contribution in [0.15, 0.2) is 12.5 Å². The lowest BCUT2D eigenvalue weighted by molar-refractivity contribution is 0.234. The number of nitrogens with two attached hydrogens (primary N) is 1. The molecular formula is C11H20N4. The number of nitrogens with zero attached hydrogens (tertiary/aromatic N) is 3. The second kappa shape index (κ2) is 4.77. The van der Waals surface area contributed by atoms with Crippen molar-refractivity contribution in [1.29, 1.82) is 0 Å². The van der Waals surface area contributed by atoms with E-state index >= 15 is 0 Å². The van der Waals surface area contributed by atoms with Crippen LogP contribution in [0.2, 0.25) is 0 Å². The maximum Gasteiger partial charge on any atom is 0.0949 e. The largest absolute Gasteiger partial charge is 0.332 e. The Labute approximate surface area is 91.1 Å². The van der Waals surface area contributed by atoms with Gasteiger partial charge in [-0.25, -0.2) is 4.98 Å². The molecule has 4 nitrogen and oxygen atoms in total. The summed E-state index contributed by atoms with van der Waals surface area (Å²) in [5.74, 6) is 0. The number of aromatic nitrogens is 2. The molecule has 1 saturated heterocycles. The highest BCUT2D eigenvalue weighted by molar-refractivity contribution is 4.97. The SMILES string of the molecule is CC(Cn1cncc1CN)N1CCCC1. The zero-order valence-electron chi connectivity index (χ0n) is 9.39. The van der Waals surface area contributed by atoms with E-state index in [9.17, 15) is 0 Å². The minimum atomic E-state index is 0.576. The van der Waals surface area contributed by atoms with Gasteiger partial charge in [0, 0.05) is 25.3 Å². The van der Waals surface area contributed by atoms with Crippen molar-refractivity contribution in [3.63, 3.8) is 0 Å².